The van der Waals surface area contributed by atoms with Crippen LogP contribution in [0.4, 0.5) is 13.2 Å². The third-order valence-electron chi connectivity index (χ3n) is 5.14. The lowest BCUT2D eigenvalue weighted by Crippen LogP contribution is -2.31. The maximum absolute atomic E-state index is 12.7. The number of benzene rings is 2. The number of rotatable bonds is 5. The van der Waals surface area contributed by atoms with Crippen LogP contribution in [0.15, 0.2) is 54.7 Å². The van der Waals surface area contributed by atoms with E-state index in [9.17, 15) is 18.0 Å². The van der Waals surface area contributed by atoms with Crippen LogP contribution in [-0.2, 0) is 6.42 Å². The van der Waals surface area contributed by atoms with Crippen molar-refractivity contribution in [2.45, 2.75) is 31.7 Å². The molecule has 31 heavy (non-hydrogen) atoms. The molecule has 4 rings (SSSR count). The molecule has 1 aliphatic rings. The molecule has 0 saturated carbocycles. The molecule has 1 amide bonds. The van der Waals surface area contributed by atoms with E-state index in [1.54, 1.807) is 13.3 Å². The van der Waals surface area contributed by atoms with Gasteiger partial charge < -0.3 is 14.8 Å². The van der Waals surface area contributed by atoms with Crippen LogP contribution in [0.25, 0.3) is 5.69 Å². The highest BCUT2D eigenvalue weighted by atomic mass is 19.4. The summed E-state index contributed by atoms with van der Waals surface area (Å²) in [6.07, 6.45) is -0.721. The molecule has 1 atom stereocenters. The first-order valence-electron chi connectivity index (χ1n) is 9.72. The fourth-order valence-corrected chi connectivity index (χ4v) is 3.73. The Kier molecular flexibility index (Phi) is 5.58. The topological polar surface area (TPSA) is 65.4 Å². The molecule has 1 aliphatic carbocycles. The predicted octanol–water partition coefficient (Wildman–Crippen LogP) is 4.59. The lowest BCUT2D eigenvalue weighted by molar-refractivity contribution is -0.274. The summed E-state index contributed by atoms with van der Waals surface area (Å²) in [5, 5.41) is 7.40. The number of hydrogen-bond acceptors (Lipinski definition) is 4. The van der Waals surface area contributed by atoms with Crippen LogP contribution in [0.1, 0.15) is 40.5 Å². The SMILES string of the molecule is COc1ccc(-n2ncc3c2CCCC3NC(=O)c2cccc(OC(F)(F)F)c2)cc1. The lowest BCUT2D eigenvalue weighted by atomic mass is 9.92. The minimum absolute atomic E-state index is 0.0939. The van der Waals surface area contributed by atoms with Crippen LogP contribution in [0.2, 0.25) is 0 Å². The molecule has 162 valence electrons. The summed E-state index contributed by atoms with van der Waals surface area (Å²) in [7, 11) is 1.60. The van der Waals surface area contributed by atoms with Crippen molar-refractivity contribution in [3.63, 3.8) is 0 Å². The molecule has 9 heteroatoms. The third-order valence-corrected chi connectivity index (χ3v) is 5.14. The quantitative estimate of drug-likeness (QED) is 0.642. The predicted molar refractivity (Wildman–Crippen MR) is 106 cm³/mol. The van der Waals surface area contributed by atoms with Gasteiger partial charge in [-0.05, 0) is 61.7 Å². The van der Waals surface area contributed by atoms with Crippen LogP contribution < -0.4 is 14.8 Å². The molecular weight excluding hydrogens is 411 g/mol. The van der Waals surface area contributed by atoms with E-state index in [0.717, 1.165) is 47.7 Å². The molecule has 1 heterocycles. The van der Waals surface area contributed by atoms with E-state index in [1.165, 1.54) is 12.1 Å². The van der Waals surface area contributed by atoms with Gasteiger partial charge in [0.2, 0.25) is 0 Å². The normalized spacial score (nSPS) is 15.8. The van der Waals surface area contributed by atoms with Gasteiger partial charge in [-0.1, -0.05) is 6.07 Å². The molecule has 1 aromatic heterocycles. The summed E-state index contributed by atoms with van der Waals surface area (Å²) in [4.78, 5) is 12.7. The number of halogens is 3. The van der Waals surface area contributed by atoms with E-state index >= 15 is 0 Å². The van der Waals surface area contributed by atoms with E-state index in [2.05, 4.69) is 15.2 Å². The van der Waals surface area contributed by atoms with Crippen molar-refractivity contribution in [3.05, 3.63) is 71.5 Å². The van der Waals surface area contributed by atoms with Gasteiger partial charge in [0, 0.05) is 16.8 Å². The molecule has 0 radical (unpaired) electrons. The van der Waals surface area contributed by atoms with Crippen LogP contribution >= 0.6 is 0 Å². The summed E-state index contributed by atoms with van der Waals surface area (Å²) in [6, 6.07) is 12.3. The zero-order valence-corrected chi connectivity index (χ0v) is 16.6. The van der Waals surface area contributed by atoms with Crippen molar-refractivity contribution >= 4 is 5.91 Å². The molecule has 0 aliphatic heterocycles. The largest absolute Gasteiger partial charge is 0.573 e. The molecule has 1 N–H and O–H groups in total. The Morgan fingerprint density at radius 2 is 1.94 bits per heavy atom. The molecular formula is C22H20F3N3O3. The first kappa shape index (κ1) is 20.8. The number of carbonyl (C=O) groups excluding carboxylic acids is 1. The Hall–Kier alpha value is -3.49. The van der Waals surface area contributed by atoms with Gasteiger partial charge in [-0.3, -0.25) is 4.79 Å². The number of ether oxygens (including phenoxy) is 2. The van der Waals surface area contributed by atoms with Gasteiger partial charge in [0.1, 0.15) is 11.5 Å². The number of alkyl halides is 3. The summed E-state index contributed by atoms with van der Waals surface area (Å²) in [5.74, 6) is -0.161. The molecule has 3 aromatic rings. The molecule has 0 bridgehead atoms. The highest BCUT2D eigenvalue weighted by molar-refractivity contribution is 5.94. The highest BCUT2D eigenvalue weighted by Crippen LogP contribution is 2.32. The van der Waals surface area contributed by atoms with Crippen LogP contribution in [0.5, 0.6) is 11.5 Å². The maximum Gasteiger partial charge on any atom is 0.573 e. The van der Waals surface area contributed by atoms with E-state index in [4.69, 9.17) is 4.74 Å². The zero-order valence-electron chi connectivity index (χ0n) is 16.6. The van der Waals surface area contributed by atoms with Crippen molar-refractivity contribution in [1.82, 2.24) is 15.1 Å². The molecule has 6 nitrogen and oxygen atoms in total. The number of aromatic nitrogens is 2. The van der Waals surface area contributed by atoms with Gasteiger partial charge in [0.15, 0.2) is 0 Å². The van der Waals surface area contributed by atoms with Crippen LogP contribution in [-0.4, -0.2) is 29.2 Å². The first-order chi connectivity index (χ1) is 14.8. The van der Waals surface area contributed by atoms with E-state index in [-0.39, 0.29) is 11.6 Å². The monoisotopic (exact) mass is 431 g/mol. The Labute approximate surface area is 176 Å². The average Bonchev–Trinajstić information content (AvgIpc) is 3.18. The first-order valence-corrected chi connectivity index (χ1v) is 9.72. The fraction of sp³-hybridized carbons (Fsp3) is 0.273. The molecule has 0 spiro atoms. The van der Waals surface area contributed by atoms with Gasteiger partial charge in [-0.15, -0.1) is 13.2 Å². The summed E-state index contributed by atoms with van der Waals surface area (Å²) in [6.45, 7) is 0. The third kappa shape index (κ3) is 4.65. The zero-order chi connectivity index (χ0) is 22.0. The van der Waals surface area contributed by atoms with Crippen molar-refractivity contribution in [3.8, 4) is 17.2 Å². The maximum atomic E-state index is 12.7. The second-order valence-corrected chi connectivity index (χ2v) is 7.15. The Morgan fingerprint density at radius 1 is 1.16 bits per heavy atom. The number of fused-ring (bicyclic) bond motifs is 1. The fourth-order valence-electron chi connectivity index (χ4n) is 3.73. The van der Waals surface area contributed by atoms with Gasteiger partial charge in [0.25, 0.3) is 5.91 Å². The van der Waals surface area contributed by atoms with Gasteiger partial charge in [-0.25, -0.2) is 4.68 Å². The van der Waals surface area contributed by atoms with Crippen LogP contribution in [0.3, 0.4) is 0 Å². The van der Waals surface area contributed by atoms with E-state index in [1.807, 2.05) is 28.9 Å². The number of nitrogens with zero attached hydrogens (tertiary/aromatic N) is 2. The number of carbonyl (C=O) groups is 1. The minimum Gasteiger partial charge on any atom is -0.497 e. The Balaban J connectivity index is 1.53. The number of methoxy groups -OCH3 is 1. The van der Waals surface area contributed by atoms with Crippen LogP contribution in [0, 0.1) is 0 Å². The van der Waals surface area contributed by atoms with Crippen molar-refractivity contribution < 1.29 is 27.4 Å². The molecule has 2 aromatic carbocycles. The smallest absolute Gasteiger partial charge is 0.497 e. The summed E-state index contributed by atoms with van der Waals surface area (Å²) in [5.41, 5.74) is 2.87. The van der Waals surface area contributed by atoms with Gasteiger partial charge >= 0.3 is 6.36 Å². The second kappa shape index (κ2) is 8.33. The molecule has 0 fully saturated rings. The highest BCUT2D eigenvalue weighted by Gasteiger charge is 2.31. The molecule has 0 saturated heterocycles. The summed E-state index contributed by atoms with van der Waals surface area (Å²) >= 11 is 0. The van der Waals surface area contributed by atoms with Gasteiger partial charge in [-0.2, -0.15) is 5.10 Å². The van der Waals surface area contributed by atoms with Crippen molar-refractivity contribution in [2.24, 2.45) is 0 Å². The Morgan fingerprint density at radius 3 is 2.65 bits per heavy atom. The standard InChI is InChI=1S/C22H20F3N3O3/c1-30-16-10-8-15(9-11-16)28-20-7-3-6-19(18(20)13-26-28)27-21(29)14-4-2-5-17(12-14)31-22(23,24)25/h2,4-5,8-13,19H,3,6-7H2,1H3,(H,27,29). The molecule has 1 unspecified atom stereocenters. The van der Waals surface area contributed by atoms with Crippen molar-refractivity contribution in [2.75, 3.05) is 7.11 Å². The van der Waals surface area contributed by atoms with Crippen molar-refractivity contribution in [1.29, 1.82) is 0 Å². The van der Waals surface area contributed by atoms with E-state index < -0.39 is 18.0 Å². The lowest BCUT2D eigenvalue weighted by Gasteiger charge is -2.24. The number of amides is 1. The summed E-state index contributed by atoms with van der Waals surface area (Å²) < 4.78 is 48.3. The van der Waals surface area contributed by atoms with E-state index in [0.29, 0.717) is 6.42 Å². The number of hydrogen-bond donors (Lipinski definition) is 1. The van der Waals surface area contributed by atoms with Gasteiger partial charge in [0.05, 0.1) is 25.0 Å². The average molecular weight is 431 g/mol. The minimum atomic E-state index is -4.82. The number of nitrogens with one attached hydrogen (secondary N) is 1. The second-order valence-electron chi connectivity index (χ2n) is 7.15. The Bertz CT molecular complexity index is 1080.